The number of hydrogen-bond donors (Lipinski definition) is 1. The Bertz CT molecular complexity index is 418. The van der Waals surface area contributed by atoms with Gasteiger partial charge in [-0.25, -0.2) is 0 Å². The number of pyridine rings is 1. The topological polar surface area (TPSA) is 56.9 Å². The van der Waals surface area contributed by atoms with Gasteiger partial charge in [0.1, 0.15) is 0 Å². The number of rotatable bonds is 1. The molecule has 1 aliphatic carbocycles. The third-order valence-corrected chi connectivity index (χ3v) is 2.36. The molecule has 1 aromatic rings. The average molecular weight is 186 g/mol. The Balaban J connectivity index is 2.47. The SMILES string of the molecule is N#CCC1=CCC(O)c2ncccc21. The Morgan fingerprint density at radius 2 is 2.50 bits per heavy atom. The monoisotopic (exact) mass is 186 g/mol. The van der Waals surface area contributed by atoms with Crippen molar-refractivity contribution in [1.82, 2.24) is 4.98 Å². The quantitative estimate of drug-likeness (QED) is 0.727. The number of fused-ring (bicyclic) bond motifs is 1. The molecule has 1 heterocycles. The van der Waals surface area contributed by atoms with Crippen LogP contribution in [0.15, 0.2) is 24.4 Å². The predicted octanol–water partition coefficient (Wildman–Crippen LogP) is 1.82. The van der Waals surface area contributed by atoms with Gasteiger partial charge in [-0.2, -0.15) is 5.26 Å². The number of aliphatic hydroxyl groups is 1. The number of aliphatic hydroxyl groups excluding tert-OH is 1. The Morgan fingerprint density at radius 1 is 1.64 bits per heavy atom. The molecular formula is C11H10N2O. The van der Waals surface area contributed by atoms with Crippen LogP contribution in [0.4, 0.5) is 0 Å². The number of nitriles is 1. The van der Waals surface area contributed by atoms with Crippen LogP contribution in [0.5, 0.6) is 0 Å². The summed E-state index contributed by atoms with van der Waals surface area (Å²) < 4.78 is 0. The first-order valence-electron chi connectivity index (χ1n) is 4.52. The molecular weight excluding hydrogens is 176 g/mol. The Kier molecular flexibility index (Phi) is 2.30. The lowest BCUT2D eigenvalue weighted by molar-refractivity contribution is 0.174. The standard InChI is InChI=1S/C11H10N2O/c12-6-5-8-3-4-10(14)11-9(8)2-1-7-13-11/h1-3,7,10,14H,4-5H2. The van der Waals surface area contributed by atoms with E-state index in [1.165, 1.54) is 0 Å². The first kappa shape index (κ1) is 8.92. The van der Waals surface area contributed by atoms with Crippen molar-refractivity contribution >= 4 is 5.57 Å². The maximum absolute atomic E-state index is 9.66. The molecule has 0 fully saturated rings. The zero-order chi connectivity index (χ0) is 9.97. The minimum Gasteiger partial charge on any atom is -0.386 e. The zero-order valence-electron chi connectivity index (χ0n) is 7.64. The van der Waals surface area contributed by atoms with E-state index in [2.05, 4.69) is 11.1 Å². The fourth-order valence-electron chi connectivity index (χ4n) is 1.68. The van der Waals surface area contributed by atoms with Crippen LogP contribution in [0, 0.1) is 11.3 Å². The Labute approximate surface area is 82.3 Å². The van der Waals surface area contributed by atoms with Crippen molar-refractivity contribution in [2.75, 3.05) is 0 Å². The molecule has 0 saturated heterocycles. The van der Waals surface area contributed by atoms with Crippen LogP contribution in [0.3, 0.4) is 0 Å². The summed E-state index contributed by atoms with van der Waals surface area (Å²) >= 11 is 0. The van der Waals surface area contributed by atoms with Crippen molar-refractivity contribution in [2.45, 2.75) is 18.9 Å². The summed E-state index contributed by atoms with van der Waals surface area (Å²) in [5.74, 6) is 0. The van der Waals surface area contributed by atoms with E-state index in [9.17, 15) is 5.11 Å². The molecule has 0 radical (unpaired) electrons. The van der Waals surface area contributed by atoms with Gasteiger partial charge in [0, 0.05) is 11.8 Å². The van der Waals surface area contributed by atoms with Crippen molar-refractivity contribution in [3.8, 4) is 6.07 Å². The van der Waals surface area contributed by atoms with E-state index in [4.69, 9.17) is 5.26 Å². The van der Waals surface area contributed by atoms with Crippen LogP contribution in [-0.4, -0.2) is 10.1 Å². The number of nitrogens with zero attached hydrogens (tertiary/aromatic N) is 2. The van der Waals surface area contributed by atoms with Crippen LogP contribution < -0.4 is 0 Å². The number of aromatic nitrogens is 1. The van der Waals surface area contributed by atoms with E-state index in [1.807, 2.05) is 18.2 Å². The summed E-state index contributed by atoms with van der Waals surface area (Å²) in [5, 5.41) is 18.3. The van der Waals surface area contributed by atoms with Crippen molar-refractivity contribution in [1.29, 1.82) is 5.26 Å². The van der Waals surface area contributed by atoms with Crippen LogP contribution in [-0.2, 0) is 0 Å². The van der Waals surface area contributed by atoms with Crippen LogP contribution in [0.1, 0.15) is 30.2 Å². The molecule has 0 aliphatic heterocycles. The summed E-state index contributed by atoms with van der Waals surface area (Å²) in [5.41, 5.74) is 2.58. The van der Waals surface area contributed by atoms with E-state index in [1.54, 1.807) is 6.20 Å². The van der Waals surface area contributed by atoms with Gasteiger partial charge < -0.3 is 5.11 Å². The molecule has 1 aliphatic rings. The van der Waals surface area contributed by atoms with Crippen LogP contribution >= 0.6 is 0 Å². The van der Waals surface area contributed by atoms with Crippen molar-refractivity contribution in [3.63, 3.8) is 0 Å². The molecule has 2 rings (SSSR count). The highest BCUT2D eigenvalue weighted by molar-refractivity contribution is 5.70. The molecule has 0 spiro atoms. The van der Waals surface area contributed by atoms with Crippen LogP contribution in [0.2, 0.25) is 0 Å². The van der Waals surface area contributed by atoms with Gasteiger partial charge in [-0.05, 0) is 18.1 Å². The molecule has 1 atom stereocenters. The maximum atomic E-state index is 9.66. The molecule has 3 heteroatoms. The second-order valence-corrected chi connectivity index (χ2v) is 3.25. The minimum absolute atomic E-state index is 0.380. The summed E-state index contributed by atoms with van der Waals surface area (Å²) in [6, 6.07) is 5.83. The second-order valence-electron chi connectivity index (χ2n) is 3.25. The molecule has 3 nitrogen and oxygen atoms in total. The van der Waals surface area contributed by atoms with Crippen molar-refractivity contribution in [2.24, 2.45) is 0 Å². The summed E-state index contributed by atoms with van der Waals surface area (Å²) in [7, 11) is 0. The van der Waals surface area contributed by atoms with Gasteiger partial charge >= 0.3 is 0 Å². The lowest BCUT2D eigenvalue weighted by Gasteiger charge is -2.19. The highest BCUT2D eigenvalue weighted by Gasteiger charge is 2.19. The van der Waals surface area contributed by atoms with Gasteiger partial charge in [-0.1, -0.05) is 12.1 Å². The molecule has 0 bridgehead atoms. The van der Waals surface area contributed by atoms with Gasteiger partial charge in [0.05, 0.1) is 24.3 Å². The normalized spacial score (nSPS) is 19.4. The smallest absolute Gasteiger partial charge is 0.1000 e. The lowest BCUT2D eigenvalue weighted by atomic mass is 9.91. The number of allylic oxidation sites excluding steroid dienone is 1. The fourth-order valence-corrected chi connectivity index (χ4v) is 1.68. The van der Waals surface area contributed by atoms with Gasteiger partial charge in [-0.3, -0.25) is 4.98 Å². The van der Waals surface area contributed by atoms with Gasteiger partial charge in [0.25, 0.3) is 0 Å². The largest absolute Gasteiger partial charge is 0.386 e. The summed E-state index contributed by atoms with van der Waals surface area (Å²) in [4.78, 5) is 4.13. The Morgan fingerprint density at radius 3 is 3.29 bits per heavy atom. The third-order valence-electron chi connectivity index (χ3n) is 2.36. The molecule has 0 aromatic carbocycles. The lowest BCUT2D eigenvalue weighted by Crippen LogP contribution is -2.08. The van der Waals surface area contributed by atoms with Gasteiger partial charge in [0.2, 0.25) is 0 Å². The molecule has 1 aromatic heterocycles. The molecule has 0 amide bonds. The van der Waals surface area contributed by atoms with Crippen molar-refractivity contribution in [3.05, 3.63) is 35.7 Å². The van der Waals surface area contributed by atoms with E-state index in [0.29, 0.717) is 18.5 Å². The first-order chi connectivity index (χ1) is 6.83. The van der Waals surface area contributed by atoms with E-state index < -0.39 is 6.10 Å². The molecule has 70 valence electrons. The zero-order valence-corrected chi connectivity index (χ0v) is 7.64. The predicted molar refractivity (Wildman–Crippen MR) is 52.0 cm³/mol. The van der Waals surface area contributed by atoms with E-state index in [0.717, 1.165) is 11.1 Å². The second kappa shape index (κ2) is 3.60. The summed E-state index contributed by atoms with van der Waals surface area (Å²) in [6.45, 7) is 0. The van der Waals surface area contributed by atoms with Gasteiger partial charge in [0.15, 0.2) is 0 Å². The summed E-state index contributed by atoms with van der Waals surface area (Å²) in [6.07, 6.45) is 4.00. The van der Waals surface area contributed by atoms with Crippen LogP contribution in [0.25, 0.3) is 5.57 Å². The molecule has 1 N–H and O–H groups in total. The average Bonchev–Trinajstić information content (AvgIpc) is 2.23. The minimum atomic E-state index is -0.520. The molecule has 1 unspecified atom stereocenters. The van der Waals surface area contributed by atoms with E-state index >= 15 is 0 Å². The fraction of sp³-hybridized carbons (Fsp3) is 0.273. The van der Waals surface area contributed by atoms with E-state index in [-0.39, 0.29) is 0 Å². The third kappa shape index (κ3) is 1.40. The molecule has 0 saturated carbocycles. The van der Waals surface area contributed by atoms with Gasteiger partial charge in [-0.15, -0.1) is 0 Å². The number of hydrogen-bond acceptors (Lipinski definition) is 3. The highest BCUT2D eigenvalue weighted by Crippen LogP contribution is 2.32. The maximum Gasteiger partial charge on any atom is 0.1000 e. The highest BCUT2D eigenvalue weighted by atomic mass is 16.3. The molecule has 14 heavy (non-hydrogen) atoms. The Hall–Kier alpha value is -1.66. The first-order valence-corrected chi connectivity index (χ1v) is 4.52. The van der Waals surface area contributed by atoms with Crippen molar-refractivity contribution < 1.29 is 5.11 Å².